The Balaban J connectivity index is 2.40. The molecule has 0 radical (unpaired) electrons. The largest absolute Gasteiger partial charge is 0.297 e. The number of rotatable bonds is 0. The molecular weight excluding hydrogens is 188 g/mol. The summed E-state index contributed by atoms with van der Waals surface area (Å²) in [5, 5.41) is 0.448. The highest BCUT2D eigenvalue weighted by Crippen LogP contribution is 2.45. The molecule has 0 bridgehead atoms. The van der Waals surface area contributed by atoms with E-state index in [1.807, 2.05) is 4.57 Å². The van der Waals surface area contributed by atoms with Gasteiger partial charge in [-0.3, -0.25) is 4.57 Å². The van der Waals surface area contributed by atoms with Crippen molar-refractivity contribution in [2.45, 2.75) is 19.4 Å². The van der Waals surface area contributed by atoms with Gasteiger partial charge in [0.15, 0.2) is 11.0 Å². The van der Waals surface area contributed by atoms with E-state index in [1.165, 1.54) is 6.33 Å². The van der Waals surface area contributed by atoms with Crippen LogP contribution in [0.3, 0.4) is 0 Å². The number of hydrogen-bond acceptors (Lipinski definition) is 3. The summed E-state index contributed by atoms with van der Waals surface area (Å²) in [6, 6.07) is 0. The summed E-state index contributed by atoms with van der Waals surface area (Å²) in [6.07, 6.45) is 1.51. The van der Waals surface area contributed by atoms with Gasteiger partial charge in [-0.15, -0.1) is 0 Å². The van der Waals surface area contributed by atoms with Gasteiger partial charge in [-0.05, 0) is 13.8 Å². The summed E-state index contributed by atoms with van der Waals surface area (Å²) in [5.41, 5.74) is 0.657. The van der Waals surface area contributed by atoms with Gasteiger partial charge in [0.05, 0.1) is 0 Å². The fraction of sp³-hybridized carbons (Fsp3) is 0.375. The molecule has 0 N–H and O–H groups in total. The minimum atomic E-state index is -0.0333. The lowest BCUT2D eigenvalue weighted by Crippen LogP contribution is -1.99. The van der Waals surface area contributed by atoms with Crippen molar-refractivity contribution in [1.29, 1.82) is 0 Å². The van der Waals surface area contributed by atoms with Crippen LogP contribution < -0.4 is 0 Å². The van der Waals surface area contributed by atoms with Crippen LogP contribution in [0.5, 0.6) is 0 Å². The van der Waals surface area contributed by atoms with Gasteiger partial charge in [-0.1, -0.05) is 11.6 Å². The van der Waals surface area contributed by atoms with Crippen molar-refractivity contribution in [3.8, 4) is 11.5 Å². The molecule has 0 aromatic carbocycles. The first-order valence-electron chi connectivity index (χ1n) is 4.02. The molecule has 0 atom stereocenters. The Morgan fingerprint density at radius 2 is 2.15 bits per heavy atom. The maximum absolute atomic E-state index is 5.94. The summed E-state index contributed by atoms with van der Waals surface area (Å²) in [4.78, 5) is 12.5. The Morgan fingerprint density at radius 3 is 2.92 bits per heavy atom. The molecule has 3 aliphatic rings. The minimum Gasteiger partial charge on any atom is -0.297 e. The van der Waals surface area contributed by atoms with E-state index >= 15 is 0 Å². The van der Waals surface area contributed by atoms with Crippen molar-refractivity contribution in [1.82, 2.24) is 19.5 Å². The van der Waals surface area contributed by atoms with E-state index in [1.54, 1.807) is 0 Å². The molecule has 3 rings (SSSR count). The summed E-state index contributed by atoms with van der Waals surface area (Å²) in [6.45, 7) is 4.17. The second-order valence-corrected chi connectivity index (χ2v) is 4.02. The molecular formula is C8H7ClN4. The van der Waals surface area contributed by atoms with Crippen LogP contribution in [0.15, 0.2) is 6.33 Å². The average Bonchev–Trinajstić information content (AvgIpc) is 2.52. The molecule has 0 fully saturated rings. The molecule has 0 amide bonds. The van der Waals surface area contributed by atoms with Crippen molar-refractivity contribution in [3.63, 3.8) is 0 Å². The van der Waals surface area contributed by atoms with Gasteiger partial charge >= 0.3 is 0 Å². The van der Waals surface area contributed by atoms with Crippen LogP contribution >= 0.6 is 11.6 Å². The Morgan fingerprint density at radius 1 is 1.38 bits per heavy atom. The molecule has 3 heterocycles. The Labute approximate surface area is 79.9 Å². The lowest BCUT2D eigenvalue weighted by molar-refractivity contribution is 0.649. The SMILES string of the molecule is CC1(C)c2nc(Cl)c3ncnc-3n21. The lowest BCUT2D eigenvalue weighted by Gasteiger charge is -1.97. The third-order valence-electron chi connectivity index (χ3n) is 2.46. The maximum atomic E-state index is 5.94. The van der Waals surface area contributed by atoms with Crippen molar-refractivity contribution in [2.24, 2.45) is 0 Å². The average molecular weight is 195 g/mol. The normalized spacial score (nSPS) is 17.5. The van der Waals surface area contributed by atoms with Crippen molar-refractivity contribution in [3.05, 3.63) is 17.3 Å². The highest BCUT2D eigenvalue weighted by atomic mass is 35.5. The van der Waals surface area contributed by atoms with Gasteiger partial charge < -0.3 is 0 Å². The van der Waals surface area contributed by atoms with E-state index in [9.17, 15) is 0 Å². The van der Waals surface area contributed by atoms with E-state index in [4.69, 9.17) is 11.6 Å². The quantitative estimate of drug-likeness (QED) is 0.598. The number of aromatic nitrogens is 4. The highest BCUT2D eigenvalue weighted by Gasteiger charge is 2.47. The summed E-state index contributed by atoms with van der Waals surface area (Å²) in [7, 11) is 0. The molecule has 0 spiro atoms. The second kappa shape index (κ2) is 1.85. The number of nitrogens with zero attached hydrogens (tertiary/aromatic N) is 4. The molecule has 13 heavy (non-hydrogen) atoms. The zero-order valence-corrected chi connectivity index (χ0v) is 8.00. The molecule has 3 aliphatic heterocycles. The Bertz CT molecular complexity index is 473. The molecule has 0 unspecified atom stereocenters. The summed E-state index contributed by atoms with van der Waals surface area (Å²) >= 11 is 5.94. The number of halogens is 1. The van der Waals surface area contributed by atoms with Gasteiger partial charge in [0.25, 0.3) is 0 Å². The first kappa shape index (κ1) is 7.26. The van der Waals surface area contributed by atoms with E-state index in [2.05, 4.69) is 28.8 Å². The molecule has 0 aliphatic carbocycles. The third-order valence-corrected chi connectivity index (χ3v) is 2.72. The van der Waals surface area contributed by atoms with E-state index in [-0.39, 0.29) is 5.54 Å². The zero-order valence-electron chi connectivity index (χ0n) is 7.24. The number of imidazole rings is 1. The van der Waals surface area contributed by atoms with Crippen LogP contribution in [0.2, 0.25) is 5.15 Å². The molecule has 5 heteroatoms. The van der Waals surface area contributed by atoms with Crippen LogP contribution in [0.25, 0.3) is 11.5 Å². The lowest BCUT2D eigenvalue weighted by atomic mass is 10.2. The van der Waals surface area contributed by atoms with E-state index < -0.39 is 0 Å². The number of fused-ring (bicyclic) bond motifs is 3. The van der Waals surface area contributed by atoms with Gasteiger partial charge in [-0.25, -0.2) is 15.0 Å². The Kier molecular flexibility index (Phi) is 1.03. The predicted octanol–water partition coefficient (Wildman–Crippen LogP) is 1.53. The maximum Gasteiger partial charge on any atom is 0.165 e. The van der Waals surface area contributed by atoms with Crippen molar-refractivity contribution >= 4 is 11.6 Å². The van der Waals surface area contributed by atoms with E-state index in [0.717, 1.165) is 11.6 Å². The molecule has 0 saturated carbocycles. The molecule has 4 nitrogen and oxygen atoms in total. The molecule has 0 saturated heterocycles. The molecule has 0 aromatic rings. The topological polar surface area (TPSA) is 43.6 Å². The monoisotopic (exact) mass is 194 g/mol. The van der Waals surface area contributed by atoms with Gasteiger partial charge in [-0.2, -0.15) is 0 Å². The second-order valence-electron chi connectivity index (χ2n) is 3.67. The van der Waals surface area contributed by atoms with E-state index in [0.29, 0.717) is 10.8 Å². The fourth-order valence-corrected chi connectivity index (χ4v) is 1.88. The van der Waals surface area contributed by atoms with Crippen molar-refractivity contribution < 1.29 is 0 Å². The van der Waals surface area contributed by atoms with Crippen LogP contribution in [-0.2, 0) is 5.54 Å². The number of hydrogen-bond donors (Lipinski definition) is 0. The smallest absolute Gasteiger partial charge is 0.165 e. The molecule has 0 aromatic heterocycles. The Hall–Kier alpha value is -1.16. The fourth-order valence-electron chi connectivity index (χ4n) is 1.67. The standard InChI is InChI=1S/C8H7ClN4/c1-8(2)7-12-5(9)4-6(13(7)8)11-3-10-4/h3H,1-2H3. The van der Waals surface area contributed by atoms with Crippen LogP contribution in [0.4, 0.5) is 0 Å². The first-order valence-corrected chi connectivity index (χ1v) is 4.40. The third kappa shape index (κ3) is 0.698. The highest BCUT2D eigenvalue weighted by molar-refractivity contribution is 6.31. The van der Waals surface area contributed by atoms with Gasteiger partial charge in [0.2, 0.25) is 0 Å². The summed E-state index contributed by atoms with van der Waals surface area (Å²) < 4.78 is 2.04. The van der Waals surface area contributed by atoms with Crippen LogP contribution in [0, 0.1) is 0 Å². The van der Waals surface area contributed by atoms with Crippen molar-refractivity contribution in [2.75, 3.05) is 0 Å². The zero-order chi connectivity index (χ0) is 9.22. The first-order chi connectivity index (χ1) is 6.12. The minimum absolute atomic E-state index is 0.0333. The van der Waals surface area contributed by atoms with Crippen LogP contribution in [0.1, 0.15) is 19.7 Å². The predicted molar refractivity (Wildman–Crippen MR) is 47.9 cm³/mol. The van der Waals surface area contributed by atoms with Gasteiger partial charge in [0, 0.05) is 0 Å². The van der Waals surface area contributed by atoms with Crippen LogP contribution in [-0.4, -0.2) is 19.5 Å². The molecule has 66 valence electrons. The van der Waals surface area contributed by atoms with Gasteiger partial charge in [0.1, 0.15) is 23.4 Å². The summed E-state index contributed by atoms with van der Waals surface area (Å²) in [5.74, 6) is 1.81.